The van der Waals surface area contributed by atoms with Crippen LogP contribution in [0.15, 0.2) is 0 Å². The molecule has 1 saturated heterocycles. The van der Waals surface area contributed by atoms with Crippen LogP contribution in [0.25, 0.3) is 0 Å². The van der Waals surface area contributed by atoms with E-state index in [0.29, 0.717) is 12.6 Å². The van der Waals surface area contributed by atoms with Crippen molar-refractivity contribution < 1.29 is 14.6 Å². The van der Waals surface area contributed by atoms with E-state index >= 15 is 0 Å². The zero-order chi connectivity index (χ0) is 13.6. The second kappa shape index (κ2) is 7.43. The molecule has 108 valence electrons. The van der Waals surface area contributed by atoms with Gasteiger partial charge in [0, 0.05) is 18.2 Å². The average molecular weight is 259 g/mol. The van der Waals surface area contributed by atoms with E-state index in [-0.39, 0.29) is 24.4 Å². The van der Waals surface area contributed by atoms with Crippen molar-refractivity contribution in [1.82, 2.24) is 5.32 Å². The molecule has 0 radical (unpaired) electrons. The molecule has 1 rings (SSSR count). The highest BCUT2D eigenvalue weighted by Crippen LogP contribution is 2.17. The molecule has 18 heavy (non-hydrogen) atoms. The highest BCUT2D eigenvalue weighted by Gasteiger charge is 2.27. The predicted octanol–water partition coefficient (Wildman–Crippen LogP) is 1.71. The topological polar surface area (TPSA) is 50.7 Å². The summed E-state index contributed by atoms with van der Waals surface area (Å²) in [7, 11) is 0. The number of aliphatic hydroxyl groups excluding tert-OH is 1. The first-order valence-corrected chi connectivity index (χ1v) is 7.07. The molecule has 1 fully saturated rings. The first-order chi connectivity index (χ1) is 8.45. The maximum Gasteiger partial charge on any atom is 0.0809 e. The zero-order valence-electron chi connectivity index (χ0n) is 12.2. The molecule has 0 bridgehead atoms. The quantitative estimate of drug-likeness (QED) is 0.697. The lowest BCUT2D eigenvalue weighted by atomic mass is 9.95. The van der Waals surface area contributed by atoms with Crippen LogP contribution in [-0.2, 0) is 9.47 Å². The van der Waals surface area contributed by atoms with Gasteiger partial charge < -0.3 is 19.9 Å². The third-order valence-electron chi connectivity index (χ3n) is 3.31. The summed E-state index contributed by atoms with van der Waals surface area (Å²) in [6, 6.07) is 0.354. The number of nitrogens with one attached hydrogen (secondary N) is 1. The minimum absolute atomic E-state index is 0.123. The van der Waals surface area contributed by atoms with Crippen molar-refractivity contribution in [2.45, 2.75) is 70.7 Å². The highest BCUT2D eigenvalue weighted by atomic mass is 16.5. The summed E-state index contributed by atoms with van der Waals surface area (Å²) in [4.78, 5) is 0. The number of hydrogen-bond acceptors (Lipinski definition) is 4. The van der Waals surface area contributed by atoms with Gasteiger partial charge in [-0.3, -0.25) is 0 Å². The lowest BCUT2D eigenvalue weighted by Crippen LogP contribution is -2.51. The van der Waals surface area contributed by atoms with Crippen LogP contribution in [0.1, 0.15) is 47.0 Å². The lowest BCUT2D eigenvalue weighted by Gasteiger charge is -2.33. The van der Waals surface area contributed by atoms with E-state index in [1.807, 2.05) is 6.92 Å². The summed E-state index contributed by atoms with van der Waals surface area (Å²) in [6.07, 6.45) is 3.44. The van der Waals surface area contributed by atoms with Gasteiger partial charge in [-0.15, -0.1) is 0 Å². The third kappa shape index (κ3) is 5.65. The molecule has 0 saturated carbocycles. The molecule has 2 N–H and O–H groups in total. The molecule has 0 aromatic rings. The Balaban J connectivity index is 2.29. The molecule has 0 aliphatic carbocycles. The Morgan fingerprint density at radius 2 is 2.17 bits per heavy atom. The van der Waals surface area contributed by atoms with Gasteiger partial charge in [-0.05, 0) is 33.1 Å². The first kappa shape index (κ1) is 15.9. The summed E-state index contributed by atoms with van der Waals surface area (Å²) in [5.74, 6) is 0. The maximum absolute atomic E-state index is 9.52. The second-order valence-corrected chi connectivity index (χ2v) is 6.00. The standard InChI is InChI=1S/C14H29NO3/c1-11(2)15-14(4,10-16)8-12(3)18-9-13-6-5-7-17-13/h11-13,15-16H,5-10H2,1-4H3. The fourth-order valence-electron chi connectivity index (χ4n) is 2.61. The second-order valence-electron chi connectivity index (χ2n) is 6.00. The van der Waals surface area contributed by atoms with Crippen LogP contribution in [-0.4, -0.2) is 48.7 Å². The molecule has 1 heterocycles. The minimum Gasteiger partial charge on any atom is -0.394 e. The van der Waals surface area contributed by atoms with E-state index < -0.39 is 0 Å². The largest absolute Gasteiger partial charge is 0.394 e. The van der Waals surface area contributed by atoms with Gasteiger partial charge >= 0.3 is 0 Å². The SMILES string of the molecule is CC(C)NC(C)(CO)CC(C)OCC1CCCO1. The molecule has 3 unspecified atom stereocenters. The van der Waals surface area contributed by atoms with Crippen LogP contribution in [0.3, 0.4) is 0 Å². The van der Waals surface area contributed by atoms with Crippen LogP contribution in [0.2, 0.25) is 0 Å². The monoisotopic (exact) mass is 259 g/mol. The van der Waals surface area contributed by atoms with Crippen molar-refractivity contribution in [3.8, 4) is 0 Å². The Kier molecular flexibility index (Phi) is 6.57. The van der Waals surface area contributed by atoms with Gasteiger partial charge in [0.2, 0.25) is 0 Å². The van der Waals surface area contributed by atoms with Crippen LogP contribution in [0.4, 0.5) is 0 Å². The summed E-state index contributed by atoms with van der Waals surface area (Å²) in [5, 5.41) is 12.9. The molecule has 0 aromatic carbocycles. The highest BCUT2D eigenvalue weighted by molar-refractivity contribution is 4.86. The van der Waals surface area contributed by atoms with Crippen molar-refractivity contribution in [1.29, 1.82) is 0 Å². The Morgan fingerprint density at radius 1 is 1.44 bits per heavy atom. The van der Waals surface area contributed by atoms with Crippen molar-refractivity contribution in [2.75, 3.05) is 19.8 Å². The molecular formula is C14H29NO3. The van der Waals surface area contributed by atoms with Gasteiger partial charge in [0.15, 0.2) is 0 Å². The molecule has 4 nitrogen and oxygen atoms in total. The lowest BCUT2D eigenvalue weighted by molar-refractivity contribution is -0.0292. The molecule has 1 aliphatic rings. The van der Waals surface area contributed by atoms with E-state index in [4.69, 9.17) is 9.47 Å². The fraction of sp³-hybridized carbons (Fsp3) is 1.00. The van der Waals surface area contributed by atoms with E-state index in [1.54, 1.807) is 0 Å². The molecule has 3 atom stereocenters. The summed E-state index contributed by atoms with van der Waals surface area (Å²) in [5.41, 5.74) is -0.274. The number of aliphatic hydroxyl groups is 1. The number of hydrogen-bond donors (Lipinski definition) is 2. The zero-order valence-corrected chi connectivity index (χ0v) is 12.2. The Morgan fingerprint density at radius 3 is 2.67 bits per heavy atom. The number of ether oxygens (including phenoxy) is 2. The molecule has 0 amide bonds. The van der Waals surface area contributed by atoms with Gasteiger partial charge in [-0.25, -0.2) is 0 Å². The fourth-order valence-corrected chi connectivity index (χ4v) is 2.61. The normalized spacial score (nSPS) is 25.3. The van der Waals surface area contributed by atoms with Crippen LogP contribution in [0.5, 0.6) is 0 Å². The van der Waals surface area contributed by atoms with E-state index in [9.17, 15) is 5.11 Å². The van der Waals surface area contributed by atoms with Crippen LogP contribution < -0.4 is 5.32 Å². The van der Waals surface area contributed by atoms with Gasteiger partial charge in [-0.1, -0.05) is 13.8 Å². The maximum atomic E-state index is 9.52. The summed E-state index contributed by atoms with van der Waals surface area (Å²) >= 11 is 0. The number of rotatable bonds is 8. The molecule has 0 aromatic heterocycles. The average Bonchev–Trinajstić information content (AvgIpc) is 2.78. The first-order valence-electron chi connectivity index (χ1n) is 7.07. The summed E-state index contributed by atoms with van der Waals surface area (Å²) in [6.45, 7) is 9.94. The van der Waals surface area contributed by atoms with Crippen molar-refractivity contribution in [3.63, 3.8) is 0 Å². The Labute approximate surface area is 111 Å². The summed E-state index contributed by atoms with van der Waals surface area (Å²) < 4.78 is 11.4. The molecule has 0 spiro atoms. The van der Waals surface area contributed by atoms with Crippen LogP contribution in [0, 0.1) is 0 Å². The predicted molar refractivity (Wildman–Crippen MR) is 72.8 cm³/mol. The Hall–Kier alpha value is -0.160. The molecule has 4 heteroatoms. The smallest absolute Gasteiger partial charge is 0.0809 e. The van der Waals surface area contributed by atoms with Crippen molar-refractivity contribution >= 4 is 0 Å². The Bertz CT molecular complexity index is 229. The third-order valence-corrected chi connectivity index (χ3v) is 3.31. The van der Waals surface area contributed by atoms with E-state index in [1.165, 1.54) is 0 Å². The minimum atomic E-state index is -0.274. The van der Waals surface area contributed by atoms with Gasteiger partial charge in [0.25, 0.3) is 0 Å². The molecular weight excluding hydrogens is 230 g/mol. The molecule has 1 aliphatic heterocycles. The van der Waals surface area contributed by atoms with Crippen molar-refractivity contribution in [3.05, 3.63) is 0 Å². The van der Waals surface area contributed by atoms with E-state index in [0.717, 1.165) is 25.9 Å². The van der Waals surface area contributed by atoms with Crippen LogP contribution >= 0.6 is 0 Å². The van der Waals surface area contributed by atoms with Gasteiger partial charge in [0.1, 0.15) is 0 Å². The van der Waals surface area contributed by atoms with Gasteiger partial charge in [-0.2, -0.15) is 0 Å². The van der Waals surface area contributed by atoms with Gasteiger partial charge in [0.05, 0.1) is 25.4 Å². The van der Waals surface area contributed by atoms with Crippen molar-refractivity contribution in [2.24, 2.45) is 0 Å². The van der Waals surface area contributed by atoms with E-state index in [2.05, 4.69) is 26.1 Å².